The van der Waals surface area contributed by atoms with Crippen molar-refractivity contribution in [3.63, 3.8) is 0 Å². The highest BCUT2D eigenvalue weighted by molar-refractivity contribution is 5.82. The molecule has 0 heterocycles. The molecular formula is C15H30N2O. The van der Waals surface area contributed by atoms with Gasteiger partial charge in [-0.3, -0.25) is 5.41 Å². The van der Waals surface area contributed by atoms with Gasteiger partial charge in [-0.1, -0.05) is 34.6 Å². The maximum Gasteiger partial charge on any atom is 0.0963 e. The van der Waals surface area contributed by atoms with Crippen molar-refractivity contribution in [1.82, 2.24) is 0 Å². The van der Waals surface area contributed by atoms with Crippen molar-refractivity contribution in [1.29, 1.82) is 5.41 Å². The van der Waals surface area contributed by atoms with E-state index in [0.29, 0.717) is 18.1 Å². The molecule has 106 valence electrons. The Kier molecular flexibility index (Phi) is 4.82. The first-order valence-electron chi connectivity index (χ1n) is 7.08. The Morgan fingerprint density at radius 3 is 2.50 bits per heavy atom. The Morgan fingerprint density at radius 1 is 1.39 bits per heavy atom. The van der Waals surface area contributed by atoms with E-state index in [9.17, 15) is 0 Å². The molecule has 0 bridgehead atoms. The van der Waals surface area contributed by atoms with Gasteiger partial charge in [0.15, 0.2) is 0 Å². The Hall–Kier alpha value is -0.570. The van der Waals surface area contributed by atoms with Crippen molar-refractivity contribution in [2.45, 2.75) is 66.4 Å². The van der Waals surface area contributed by atoms with E-state index in [1.165, 1.54) is 12.8 Å². The highest BCUT2D eigenvalue weighted by Gasteiger charge is 2.32. The van der Waals surface area contributed by atoms with Crippen molar-refractivity contribution in [2.75, 3.05) is 6.61 Å². The molecule has 0 radical (unpaired) electrons. The molecule has 3 heteroatoms. The summed E-state index contributed by atoms with van der Waals surface area (Å²) in [4.78, 5) is 0. The minimum atomic E-state index is -0.240. The summed E-state index contributed by atoms with van der Waals surface area (Å²) in [5, 5.41) is 7.54. The first-order chi connectivity index (χ1) is 8.12. The fraction of sp³-hybridized carbons (Fsp3) is 0.933. The lowest BCUT2D eigenvalue weighted by molar-refractivity contribution is -0.0281. The number of nitrogens with one attached hydrogen (secondary N) is 1. The number of ether oxygens (including phenoxy) is 1. The standard InChI is InChI=1S/C15H30N2O/c1-11-8-12(10-14(2,3)9-11)18-7-6-15(4,5)13(16)17/h11-12H,6-10H2,1-5H3,(H3,16,17). The zero-order valence-electron chi connectivity index (χ0n) is 12.7. The normalized spacial score (nSPS) is 28.1. The Morgan fingerprint density at radius 2 is 2.00 bits per heavy atom. The van der Waals surface area contributed by atoms with E-state index in [1.54, 1.807) is 0 Å². The number of nitrogens with two attached hydrogens (primary N) is 1. The van der Waals surface area contributed by atoms with Gasteiger partial charge in [0.05, 0.1) is 11.9 Å². The monoisotopic (exact) mass is 254 g/mol. The van der Waals surface area contributed by atoms with Crippen LogP contribution in [0.5, 0.6) is 0 Å². The van der Waals surface area contributed by atoms with Gasteiger partial charge in [0.2, 0.25) is 0 Å². The predicted molar refractivity (Wildman–Crippen MR) is 76.8 cm³/mol. The molecule has 0 aromatic carbocycles. The Bertz CT molecular complexity index is 297. The summed E-state index contributed by atoms with van der Waals surface area (Å²) in [7, 11) is 0. The van der Waals surface area contributed by atoms with Gasteiger partial charge in [-0.05, 0) is 37.0 Å². The molecule has 3 N–H and O–H groups in total. The third kappa shape index (κ3) is 4.60. The second-order valence-electron chi connectivity index (χ2n) is 7.45. The van der Waals surface area contributed by atoms with Crippen LogP contribution in [0, 0.1) is 22.2 Å². The topological polar surface area (TPSA) is 59.1 Å². The van der Waals surface area contributed by atoms with Gasteiger partial charge < -0.3 is 10.5 Å². The maximum absolute atomic E-state index is 7.54. The third-order valence-electron chi connectivity index (χ3n) is 4.16. The average Bonchev–Trinajstić information content (AvgIpc) is 2.13. The van der Waals surface area contributed by atoms with Crippen LogP contribution in [0.1, 0.15) is 60.3 Å². The summed E-state index contributed by atoms with van der Waals surface area (Å²) in [5.74, 6) is 1.00. The molecule has 1 aliphatic carbocycles. The van der Waals surface area contributed by atoms with E-state index in [1.807, 2.05) is 13.8 Å². The molecule has 1 rings (SSSR count). The van der Waals surface area contributed by atoms with Crippen LogP contribution < -0.4 is 5.73 Å². The zero-order chi connectivity index (χ0) is 14.0. The summed E-state index contributed by atoms with van der Waals surface area (Å²) in [5.41, 5.74) is 5.74. The number of hydrogen-bond acceptors (Lipinski definition) is 2. The summed E-state index contributed by atoms with van der Waals surface area (Å²) < 4.78 is 6.02. The number of hydrogen-bond donors (Lipinski definition) is 2. The zero-order valence-corrected chi connectivity index (χ0v) is 12.7. The molecular weight excluding hydrogens is 224 g/mol. The molecule has 0 amide bonds. The molecule has 0 aromatic rings. The van der Waals surface area contributed by atoms with Crippen LogP contribution >= 0.6 is 0 Å². The number of rotatable bonds is 5. The lowest BCUT2D eigenvalue weighted by atomic mass is 9.71. The smallest absolute Gasteiger partial charge is 0.0963 e. The fourth-order valence-electron chi connectivity index (χ4n) is 3.00. The van der Waals surface area contributed by atoms with Gasteiger partial charge in [0.25, 0.3) is 0 Å². The van der Waals surface area contributed by atoms with Gasteiger partial charge in [-0.25, -0.2) is 0 Å². The molecule has 1 aliphatic rings. The molecule has 0 aromatic heterocycles. The van der Waals surface area contributed by atoms with E-state index < -0.39 is 0 Å². The molecule has 0 aliphatic heterocycles. The molecule has 2 atom stereocenters. The first kappa shape index (κ1) is 15.5. The van der Waals surface area contributed by atoms with Crippen LogP contribution in [-0.4, -0.2) is 18.5 Å². The fourth-order valence-corrected chi connectivity index (χ4v) is 3.00. The molecule has 1 saturated carbocycles. The first-order valence-corrected chi connectivity index (χ1v) is 7.08. The molecule has 2 unspecified atom stereocenters. The molecule has 18 heavy (non-hydrogen) atoms. The molecule has 1 fully saturated rings. The highest BCUT2D eigenvalue weighted by Crippen LogP contribution is 2.39. The maximum atomic E-state index is 7.54. The average molecular weight is 254 g/mol. The summed E-state index contributed by atoms with van der Waals surface area (Å²) in [6.45, 7) is 11.7. The molecule has 0 saturated heterocycles. The lowest BCUT2D eigenvalue weighted by Gasteiger charge is -2.39. The van der Waals surface area contributed by atoms with E-state index in [4.69, 9.17) is 15.9 Å². The van der Waals surface area contributed by atoms with Crippen LogP contribution in [0.4, 0.5) is 0 Å². The third-order valence-corrected chi connectivity index (χ3v) is 4.16. The lowest BCUT2D eigenvalue weighted by Crippen LogP contribution is -2.35. The van der Waals surface area contributed by atoms with Gasteiger partial charge >= 0.3 is 0 Å². The van der Waals surface area contributed by atoms with Crippen LogP contribution in [0.3, 0.4) is 0 Å². The van der Waals surface area contributed by atoms with Crippen molar-refractivity contribution in [3.8, 4) is 0 Å². The summed E-state index contributed by atoms with van der Waals surface area (Å²) >= 11 is 0. The Labute approximate surface area is 112 Å². The number of amidine groups is 1. The van der Waals surface area contributed by atoms with Gasteiger partial charge in [0.1, 0.15) is 0 Å². The second-order valence-corrected chi connectivity index (χ2v) is 7.45. The molecule has 0 spiro atoms. The van der Waals surface area contributed by atoms with Crippen molar-refractivity contribution in [2.24, 2.45) is 22.5 Å². The van der Waals surface area contributed by atoms with Crippen LogP contribution in [0.25, 0.3) is 0 Å². The van der Waals surface area contributed by atoms with Crippen LogP contribution in [0.2, 0.25) is 0 Å². The second kappa shape index (κ2) is 5.60. The van der Waals surface area contributed by atoms with Crippen molar-refractivity contribution >= 4 is 5.84 Å². The minimum absolute atomic E-state index is 0.240. The van der Waals surface area contributed by atoms with Crippen molar-refractivity contribution in [3.05, 3.63) is 0 Å². The summed E-state index contributed by atoms with van der Waals surface area (Å²) in [6, 6.07) is 0. The SMILES string of the molecule is CC1CC(OCCC(C)(C)C(=N)N)CC(C)(C)C1. The van der Waals surface area contributed by atoms with Gasteiger partial charge in [-0.2, -0.15) is 0 Å². The Balaban J connectivity index is 2.38. The van der Waals surface area contributed by atoms with Crippen molar-refractivity contribution < 1.29 is 4.74 Å². The largest absolute Gasteiger partial charge is 0.387 e. The summed E-state index contributed by atoms with van der Waals surface area (Å²) in [6.07, 6.45) is 4.83. The quantitative estimate of drug-likeness (QED) is 0.582. The van der Waals surface area contributed by atoms with Crippen LogP contribution in [-0.2, 0) is 4.74 Å². The van der Waals surface area contributed by atoms with E-state index in [0.717, 1.165) is 18.8 Å². The minimum Gasteiger partial charge on any atom is -0.387 e. The molecule has 3 nitrogen and oxygen atoms in total. The van der Waals surface area contributed by atoms with Gasteiger partial charge in [0, 0.05) is 12.0 Å². The highest BCUT2D eigenvalue weighted by atomic mass is 16.5. The predicted octanol–water partition coefficient (Wildman–Crippen LogP) is 3.57. The van der Waals surface area contributed by atoms with Gasteiger partial charge in [-0.15, -0.1) is 0 Å². The van der Waals surface area contributed by atoms with Crippen LogP contribution in [0.15, 0.2) is 0 Å². The van der Waals surface area contributed by atoms with E-state index >= 15 is 0 Å². The van der Waals surface area contributed by atoms with E-state index in [2.05, 4.69) is 20.8 Å². The van der Waals surface area contributed by atoms with E-state index in [-0.39, 0.29) is 11.3 Å².